The topological polar surface area (TPSA) is 44.4 Å². The minimum Gasteiger partial charge on any atom is -0.354 e. The van der Waals surface area contributed by atoms with E-state index in [-0.39, 0.29) is 11.3 Å². The van der Waals surface area contributed by atoms with Crippen molar-refractivity contribution in [3.8, 4) is 0 Å². The molecule has 18 heavy (non-hydrogen) atoms. The van der Waals surface area contributed by atoms with Gasteiger partial charge in [0.25, 0.3) is 0 Å². The van der Waals surface area contributed by atoms with E-state index in [1.54, 1.807) is 0 Å². The lowest BCUT2D eigenvalue weighted by Crippen LogP contribution is -2.51. The normalized spacial score (nSPS) is 24.2. The van der Waals surface area contributed by atoms with Crippen molar-refractivity contribution in [3.63, 3.8) is 0 Å². The lowest BCUT2D eigenvalue weighted by atomic mass is 9.77. The SMILES string of the molecule is CCN(CC)CCNC(=O)C1(CC)CCCNC1. The molecule has 1 fully saturated rings. The molecule has 0 aromatic heterocycles. The van der Waals surface area contributed by atoms with Crippen molar-refractivity contribution in [2.24, 2.45) is 5.41 Å². The van der Waals surface area contributed by atoms with Gasteiger partial charge >= 0.3 is 0 Å². The summed E-state index contributed by atoms with van der Waals surface area (Å²) in [6.07, 6.45) is 3.06. The molecule has 0 spiro atoms. The molecule has 1 aliphatic heterocycles. The molecule has 1 amide bonds. The van der Waals surface area contributed by atoms with Crippen molar-refractivity contribution >= 4 is 5.91 Å². The third-order valence-electron chi connectivity index (χ3n) is 4.24. The second kappa shape index (κ2) is 7.74. The van der Waals surface area contributed by atoms with Gasteiger partial charge in [0.15, 0.2) is 0 Å². The largest absolute Gasteiger partial charge is 0.354 e. The zero-order chi connectivity index (χ0) is 13.4. The Kier molecular flexibility index (Phi) is 6.65. The summed E-state index contributed by atoms with van der Waals surface area (Å²) in [7, 11) is 0. The monoisotopic (exact) mass is 255 g/mol. The summed E-state index contributed by atoms with van der Waals surface area (Å²) in [5, 5.41) is 6.48. The Labute approximate surface area is 111 Å². The number of hydrogen-bond donors (Lipinski definition) is 2. The molecule has 0 aromatic rings. The predicted molar refractivity (Wildman–Crippen MR) is 75.6 cm³/mol. The Morgan fingerprint density at radius 2 is 2.06 bits per heavy atom. The fraction of sp³-hybridized carbons (Fsp3) is 0.929. The van der Waals surface area contributed by atoms with Crippen LogP contribution in [0, 0.1) is 5.41 Å². The lowest BCUT2D eigenvalue weighted by Gasteiger charge is -2.35. The van der Waals surface area contributed by atoms with E-state index in [1.165, 1.54) is 0 Å². The summed E-state index contributed by atoms with van der Waals surface area (Å²) < 4.78 is 0. The number of rotatable bonds is 7. The number of likely N-dealkylation sites (N-methyl/N-ethyl adjacent to an activating group) is 1. The Morgan fingerprint density at radius 1 is 1.33 bits per heavy atom. The zero-order valence-electron chi connectivity index (χ0n) is 12.2. The Morgan fingerprint density at radius 3 is 2.56 bits per heavy atom. The maximum atomic E-state index is 12.3. The molecular weight excluding hydrogens is 226 g/mol. The van der Waals surface area contributed by atoms with Crippen molar-refractivity contribution < 1.29 is 4.79 Å². The molecule has 0 saturated carbocycles. The molecule has 0 aromatic carbocycles. The van der Waals surface area contributed by atoms with Crippen molar-refractivity contribution in [1.82, 2.24) is 15.5 Å². The van der Waals surface area contributed by atoms with Gasteiger partial charge in [0.05, 0.1) is 5.41 Å². The molecule has 0 radical (unpaired) electrons. The van der Waals surface area contributed by atoms with Gasteiger partial charge in [-0.25, -0.2) is 0 Å². The molecule has 4 heteroatoms. The van der Waals surface area contributed by atoms with Gasteiger partial charge in [-0.05, 0) is 38.9 Å². The average molecular weight is 255 g/mol. The molecule has 4 nitrogen and oxygen atoms in total. The molecule has 106 valence electrons. The highest BCUT2D eigenvalue weighted by molar-refractivity contribution is 5.83. The quantitative estimate of drug-likeness (QED) is 0.719. The molecule has 2 N–H and O–H groups in total. The van der Waals surface area contributed by atoms with E-state index >= 15 is 0 Å². The van der Waals surface area contributed by atoms with E-state index in [0.29, 0.717) is 0 Å². The molecule has 1 heterocycles. The van der Waals surface area contributed by atoms with Crippen LogP contribution in [0.4, 0.5) is 0 Å². The van der Waals surface area contributed by atoms with Gasteiger partial charge in [0.2, 0.25) is 5.91 Å². The number of carbonyl (C=O) groups is 1. The molecule has 0 aliphatic carbocycles. The maximum absolute atomic E-state index is 12.3. The van der Waals surface area contributed by atoms with E-state index in [4.69, 9.17) is 0 Å². The molecule has 0 bridgehead atoms. The van der Waals surface area contributed by atoms with E-state index in [9.17, 15) is 4.79 Å². The lowest BCUT2D eigenvalue weighted by molar-refractivity contribution is -0.132. The maximum Gasteiger partial charge on any atom is 0.227 e. The number of piperidine rings is 1. The zero-order valence-corrected chi connectivity index (χ0v) is 12.2. The number of nitrogens with zero attached hydrogens (tertiary/aromatic N) is 1. The highest BCUT2D eigenvalue weighted by Gasteiger charge is 2.37. The summed E-state index contributed by atoms with van der Waals surface area (Å²) in [5.41, 5.74) is -0.165. The standard InChI is InChI=1S/C14H29N3O/c1-4-14(8-7-9-15-12-14)13(18)16-10-11-17(5-2)6-3/h15H,4-12H2,1-3H3,(H,16,18). The van der Waals surface area contributed by atoms with Gasteiger partial charge in [-0.3, -0.25) is 4.79 Å². The van der Waals surface area contributed by atoms with Crippen molar-refractivity contribution in [2.75, 3.05) is 39.3 Å². The van der Waals surface area contributed by atoms with E-state index in [1.807, 2.05) is 0 Å². The van der Waals surface area contributed by atoms with Crippen LogP contribution < -0.4 is 10.6 Å². The fourth-order valence-corrected chi connectivity index (χ4v) is 2.68. The summed E-state index contributed by atoms with van der Waals surface area (Å²) in [6.45, 7) is 12.1. The van der Waals surface area contributed by atoms with Crippen LogP contribution in [-0.4, -0.2) is 50.1 Å². The van der Waals surface area contributed by atoms with E-state index in [2.05, 4.69) is 36.3 Å². The number of carbonyl (C=O) groups excluding carboxylic acids is 1. The third kappa shape index (κ3) is 3.95. The summed E-state index contributed by atoms with van der Waals surface area (Å²) in [5.74, 6) is 0.240. The Hall–Kier alpha value is -0.610. The number of hydrogen-bond acceptors (Lipinski definition) is 3. The van der Waals surface area contributed by atoms with Crippen LogP contribution in [0.3, 0.4) is 0 Å². The van der Waals surface area contributed by atoms with Gasteiger partial charge < -0.3 is 15.5 Å². The fourth-order valence-electron chi connectivity index (χ4n) is 2.68. The highest BCUT2D eigenvalue weighted by atomic mass is 16.2. The van der Waals surface area contributed by atoms with Crippen LogP contribution in [0.15, 0.2) is 0 Å². The average Bonchev–Trinajstić information content (AvgIpc) is 2.44. The number of nitrogens with one attached hydrogen (secondary N) is 2. The first-order chi connectivity index (χ1) is 8.68. The highest BCUT2D eigenvalue weighted by Crippen LogP contribution is 2.29. The summed E-state index contributed by atoms with van der Waals surface area (Å²) in [6, 6.07) is 0. The van der Waals surface area contributed by atoms with E-state index in [0.717, 1.165) is 58.5 Å². The minimum absolute atomic E-state index is 0.165. The van der Waals surface area contributed by atoms with Gasteiger partial charge in [0, 0.05) is 19.6 Å². The first-order valence-electron chi connectivity index (χ1n) is 7.40. The van der Waals surface area contributed by atoms with Gasteiger partial charge in [-0.1, -0.05) is 20.8 Å². The van der Waals surface area contributed by atoms with Gasteiger partial charge in [-0.15, -0.1) is 0 Å². The molecule has 1 unspecified atom stereocenters. The summed E-state index contributed by atoms with van der Waals surface area (Å²) in [4.78, 5) is 14.7. The van der Waals surface area contributed by atoms with Crippen LogP contribution in [0.25, 0.3) is 0 Å². The second-order valence-corrected chi connectivity index (χ2v) is 5.20. The van der Waals surface area contributed by atoms with Crippen LogP contribution in [-0.2, 0) is 4.79 Å². The Balaban J connectivity index is 2.38. The second-order valence-electron chi connectivity index (χ2n) is 5.20. The molecular formula is C14H29N3O. The Bertz CT molecular complexity index is 245. The molecule has 1 saturated heterocycles. The first-order valence-corrected chi connectivity index (χ1v) is 7.40. The summed E-state index contributed by atoms with van der Waals surface area (Å²) >= 11 is 0. The van der Waals surface area contributed by atoms with E-state index < -0.39 is 0 Å². The smallest absolute Gasteiger partial charge is 0.227 e. The van der Waals surface area contributed by atoms with Gasteiger partial charge in [-0.2, -0.15) is 0 Å². The van der Waals surface area contributed by atoms with Crippen molar-refractivity contribution in [3.05, 3.63) is 0 Å². The minimum atomic E-state index is -0.165. The van der Waals surface area contributed by atoms with Crippen LogP contribution in [0.2, 0.25) is 0 Å². The predicted octanol–water partition coefficient (Wildman–Crippen LogP) is 1.22. The van der Waals surface area contributed by atoms with Crippen molar-refractivity contribution in [2.45, 2.75) is 40.0 Å². The van der Waals surface area contributed by atoms with Crippen LogP contribution in [0.5, 0.6) is 0 Å². The molecule has 1 rings (SSSR count). The molecule has 1 atom stereocenters. The van der Waals surface area contributed by atoms with Gasteiger partial charge in [0.1, 0.15) is 0 Å². The third-order valence-corrected chi connectivity index (χ3v) is 4.24. The van der Waals surface area contributed by atoms with Crippen molar-refractivity contribution in [1.29, 1.82) is 0 Å². The molecule has 1 aliphatic rings. The first kappa shape index (κ1) is 15.4. The van der Waals surface area contributed by atoms with Crippen LogP contribution >= 0.6 is 0 Å². The number of amides is 1. The van der Waals surface area contributed by atoms with Crippen LogP contribution in [0.1, 0.15) is 40.0 Å².